The molecule has 0 fully saturated rings. The predicted octanol–water partition coefficient (Wildman–Crippen LogP) is 2.02. The first-order chi connectivity index (χ1) is 12.2. The number of halogens is 1. The summed E-state index contributed by atoms with van der Waals surface area (Å²) in [6, 6.07) is 7.35. The van der Waals surface area contributed by atoms with Crippen LogP contribution in [0.25, 0.3) is 0 Å². The highest BCUT2D eigenvalue weighted by atomic mass is 32.2. The Morgan fingerprint density at radius 2 is 2.04 bits per heavy atom. The maximum atomic E-state index is 13.7. The van der Waals surface area contributed by atoms with Crippen molar-refractivity contribution in [3.05, 3.63) is 58.4 Å². The first-order valence-electron chi connectivity index (χ1n) is 8.11. The van der Waals surface area contributed by atoms with E-state index in [4.69, 9.17) is 5.73 Å². The number of carbonyl (C=O) groups excluding carboxylic acids is 1. The number of hydrogen-bond donors (Lipinski definition) is 2. The molecule has 0 saturated heterocycles. The molecule has 0 saturated carbocycles. The second-order valence-electron chi connectivity index (χ2n) is 6.50. The largest absolute Gasteiger partial charge is 0.366 e. The highest BCUT2D eigenvalue weighted by Crippen LogP contribution is 2.28. The minimum Gasteiger partial charge on any atom is -0.366 e. The number of nitrogens with one attached hydrogen (secondary N) is 1. The lowest BCUT2D eigenvalue weighted by Crippen LogP contribution is -2.29. The van der Waals surface area contributed by atoms with Gasteiger partial charge in [0.2, 0.25) is 0 Å². The van der Waals surface area contributed by atoms with Gasteiger partial charge in [-0.3, -0.25) is 9.52 Å². The molecule has 0 aromatic heterocycles. The lowest BCUT2D eigenvalue weighted by Gasteiger charge is -2.26. The molecule has 2 aromatic rings. The Balaban J connectivity index is 2.05. The molecule has 0 atom stereocenters. The minimum atomic E-state index is -3.96. The number of primary amides is 1. The van der Waals surface area contributed by atoms with Crippen molar-refractivity contribution in [2.24, 2.45) is 5.73 Å². The number of fused-ring (bicyclic) bond motifs is 1. The van der Waals surface area contributed by atoms with E-state index in [0.717, 1.165) is 23.7 Å². The lowest BCUT2D eigenvalue weighted by atomic mass is 10.0. The molecule has 1 aliphatic heterocycles. The van der Waals surface area contributed by atoms with Gasteiger partial charge in [-0.25, -0.2) is 12.8 Å². The zero-order valence-electron chi connectivity index (χ0n) is 14.5. The SMILES string of the molecule is Cc1cc(NS(=O)(=O)c2cccc3c2CCN(C)C3)c(C(N)=O)cc1F. The molecule has 1 amide bonds. The van der Waals surface area contributed by atoms with E-state index in [0.29, 0.717) is 13.0 Å². The van der Waals surface area contributed by atoms with Crippen LogP contribution >= 0.6 is 0 Å². The van der Waals surface area contributed by atoms with E-state index < -0.39 is 21.7 Å². The molecule has 1 heterocycles. The fourth-order valence-electron chi connectivity index (χ4n) is 3.14. The molecule has 6 nitrogen and oxygen atoms in total. The van der Waals surface area contributed by atoms with Crippen molar-refractivity contribution in [2.45, 2.75) is 24.8 Å². The number of nitrogens with zero attached hydrogens (tertiary/aromatic N) is 1. The minimum absolute atomic E-state index is 0.0260. The van der Waals surface area contributed by atoms with Crippen LogP contribution < -0.4 is 10.5 Å². The molecule has 0 aliphatic carbocycles. The summed E-state index contributed by atoms with van der Waals surface area (Å²) in [4.78, 5) is 13.9. The molecular formula is C18H20FN3O3S. The summed E-state index contributed by atoms with van der Waals surface area (Å²) in [5.74, 6) is -1.53. The van der Waals surface area contributed by atoms with Crippen LogP contribution in [-0.2, 0) is 23.0 Å². The topological polar surface area (TPSA) is 92.5 Å². The molecule has 0 spiro atoms. The van der Waals surface area contributed by atoms with Gasteiger partial charge in [-0.1, -0.05) is 12.1 Å². The van der Waals surface area contributed by atoms with E-state index in [9.17, 15) is 17.6 Å². The predicted molar refractivity (Wildman–Crippen MR) is 96.9 cm³/mol. The van der Waals surface area contributed by atoms with Gasteiger partial charge in [0.05, 0.1) is 16.1 Å². The number of rotatable bonds is 4. The lowest BCUT2D eigenvalue weighted by molar-refractivity contribution is 0.100. The maximum Gasteiger partial charge on any atom is 0.262 e. The van der Waals surface area contributed by atoms with Crippen LogP contribution in [0.15, 0.2) is 35.2 Å². The van der Waals surface area contributed by atoms with Crippen molar-refractivity contribution in [3.63, 3.8) is 0 Å². The molecule has 1 aliphatic rings. The summed E-state index contributed by atoms with van der Waals surface area (Å²) in [6.07, 6.45) is 0.605. The van der Waals surface area contributed by atoms with Gasteiger partial charge in [0.1, 0.15) is 5.82 Å². The molecule has 26 heavy (non-hydrogen) atoms. The summed E-state index contributed by atoms with van der Waals surface area (Å²) >= 11 is 0. The Morgan fingerprint density at radius 1 is 1.31 bits per heavy atom. The molecule has 0 bridgehead atoms. The number of likely N-dealkylation sites (N-methyl/N-ethyl adjacent to an activating group) is 1. The third-order valence-electron chi connectivity index (χ3n) is 4.51. The summed E-state index contributed by atoms with van der Waals surface area (Å²) in [5, 5.41) is 0. The first-order valence-corrected chi connectivity index (χ1v) is 9.59. The van der Waals surface area contributed by atoms with Gasteiger partial charge in [-0.05, 0) is 55.3 Å². The molecule has 8 heteroatoms. The number of anilines is 1. The van der Waals surface area contributed by atoms with Gasteiger partial charge in [0, 0.05) is 13.1 Å². The van der Waals surface area contributed by atoms with Crippen molar-refractivity contribution in [1.82, 2.24) is 4.90 Å². The van der Waals surface area contributed by atoms with E-state index in [1.807, 2.05) is 13.1 Å². The molecule has 138 valence electrons. The average Bonchev–Trinajstić information content (AvgIpc) is 2.56. The van der Waals surface area contributed by atoms with Crippen LogP contribution in [0.2, 0.25) is 0 Å². The Morgan fingerprint density at radius 3 is 2.73 bits per heavy atom. The average molecular weight is 377 g/mol. The Hall–Kier alpha value is -2.45. The summed E-state index contributed by atoms with van der Waals surface area (Å²) in [6.45, 7) is 2.90. The van der Waals surface area contributed by atoms with Crippen molar-refractivity contribution < 1.29 is 17.6 Å². The van der Waals surface area contributed by atoms with Gasteiger partial charge < -0.3 is 10.6 Å². The number of carbonyl (C=O) groups is 1. The first kappa shape index (κ1) is 18.3. The van der Waals surface area contributed by atoms with E-state index in [1.165, 1.54) is 19.1 Å². The van der Waals surface area contributed by atoms with Gasteiger partial charge >= 0.3 is 0 Å². The Kier molecular flexibility index (Phi) is 4.72. The van der Waals surface area contributed by atoms with Crippen LogP contribution in [0.4, 0.5) is 10.1 Å². The normalized spacial score (nSPS) is 14.7. The summed E-state index contributed by atoms with van der Waals surface area (Å²) in [7, 11) is -1.98. The van der Waals surface area contributed by atoms with Gasteiger partial charge in [0.15, 0.2) is 0 Å². The fourth-order valence-corrected chi connectivity index (χ4v) is 4.52. The van der Waals surface area contributed by atoms with Gasteiger partial charge in [-0.2, -0.15) is 0 Å². The number of amides is 1. The van der Waals surface area contributed by atoms with E-state index in [2.05, 4.69) is 9.62 Å². The third-order valence-corrected chi connectivity index (χ3v) is 5.96. The van der Waals surface area contributed by atoms with E-state index in [1.54, 1.807) is 6.07 Å². The highest BCUT2D eigenvalue weighted by Gasteiger charge is 2.25. The molecule has 3 rings (SSSR count). The second kappa shape index (κ2) is 6.69. The maximum absolute atomic E-state index is 13.7. The monoisotopic (exact) mass is 377 g/mol. The van der Waals surface area contributed by atoms with Gasteiger partial charge in [0.25, 0.3) is 15.9 Å². The van der Waals surface area contributed by atoms with E-state index in [-0.39, 0.29) is 21.7 Å². The number of benzene rings is 2. The van der Waals surface area contributed by atoms with Crippen molar-refractivity contribution >= 4 is 21.6 Å². The zero-order valence-corrected chi connectivity index (χ0v) is 15.4. The standard InChI is InChI=1S/C18H20FN3O3S/c1-11-8-16(14(18(20)23)9-15(11)19)21-26(24,25)17-5-3-4-12-10-22(2)7-6-13(12)17/h3-5,8-9,21H,6-7,10H2,1-2H3,(H2,20,23). The number of aryl methyl sites for hydroxylation is 1. The van der Waals surface area contributed by atoms with Gasteiger partial charge in [-0.15, -0.1) is 0 Å². The zero-order chi connectivity index (χ0) is 19.1. The molecular weight excluding hydrogens is 357 g/mol. The number of hydrogen-bond acceptors (Lipinski definition) is 4. The number of nitrogens with two attached hydrogens (primary N) is 1. The van der Waals surface area contributed by atoms with Crippen molar-refractivity contribution in [2.75, 3.05) is 18.3 Å². The molecule has 2 aromatic carbocycles. The smallest absolute Gasteiger partial charge is 0.262 e. The summed E-state index contributed by atoms with van der Waals surface area (Å²) < 4.78 is 42.1. The van der Waals surface area contributed by atoms with Crippen LogP contribution in [0, 0.1) is 12.7 Å². The Bertz CT molecular complexity index is 989. The molecule has 3 N–H and O–H groups in total. The fraction of sp³-hybridized carbons (Fsp3) is 0.278. The van der Waals surface area contributed by atoms with Crippen LogP contribution in [0.1, 0.15) is 27.0 Å². The Labute approximate surface area is 151 Å². The molecule has 0 unspecified atom stereocenters. The van der Waals surface area contributed by atoms with Crippen LogP contribution in [-0.4, -0.2) is 32.8 Å². The van der Waals surface area contributed by atoms with Crippen molar-refractivity contribution in [1.29, 1.82) is 0 Å². The second-order valence-corrected chi connectivity index (χ2v) is 8.15. The third kappa shape index (κ3) is 3.42. The van der Waals surface area contributed by atoms with Crippen LogP contribution in [0.3, 0.4) is 0 Å². The number of sulfonamides is 1. The summed E-state index contributed by atoms with van der Waals surface area (Å²) in [5.41, 5.74) is 6.96. The van der Waals surface area contributed by atoms with Crippen LogP contribution in [0.5, 0.6) is 0 Å². The highest BCUT2D eigenvalue weighted by molar-refractivity contribution is 7.92. The quantitative estimate of drug-likeness (QED) is 0.853. The van der Waals surface area contributed by atoms with Crippen molar-refractivity contribution in [3.8, 4) is 0 Å². The van der Waals surface area contributed by atoms with E-state index >= 15 is 0 Å². The molecule has 0 radical (unpaired) electrons.